The Morgan fingerprint density at radius 2 is 2.05 bits per heavy atom. The van der Waals surface area contributed by atoms with Gasteiger partial charge < -0.3 is 4.74 Å². The Morgan fingerprint density at radius 3 is 2.81 bits per heavy atom. The van der Waals surface area contributed by atoms with Crippen LogP contribution in [0.25, 0.3) is 0 Å². The summed E-state index contributed by atoms with van der Waals surface area (Å²) in [6, 6.07) is 8.12. The van der Waals surface area contributed by atoms with Crippen LogP contribution in [0, 0.1) is 0 Å². The van der Waals surface area contributed by atoms with Crippen molar-refractivity contribution in [2.45, 2.75) is 38.1 Å². The fourth-order valence-corrected chi connectivity index (χ4v) is 3.91. The first-order valence-electron chi connectivity index (χ1n) is 7.65. The van der Waals surface area contributed by atoms with E-state index in [2.05, 4.69) is 6.07 Å². The fourth-order valence-electron chi connectivity index (χ4n) is 3.91. The summed E-state index contributed by atoms with van der Waals surface area (Å²) in [6.45, 7) is 5.45. The molecule has 112 valence electrons. The molecule has 2 aliphatic heterocycles. The number of hydrogen-bond acceptors (Lipinski definition) is 4. The number of nitrogens with zero attached hydrogens (tertiary/aromatic N) is 1. The molecule has 0 bridgehead atoms. The molecule has 21 heavy (non-hydrogen) atoms. The van der Waals surface area contributed by atoms with E-state index in [1.807, 2.05) is 30.0 Å². The van der Waals surface area contributed by atoms with Crippen molar-refractivity contribution in [1.29, 1.82) is 0 Å². The van der Waals surface area contributed by atoms with E-state index in [-0.39, 0.29) is 17.7 Å². The Balaban J connectivity index is 2.14. The number of fused-ring (bicyclic) bond motifs is 2. The average Bonchev–Trinajstić information content (AvgIpc) is 2.76. The van der Waals surface area contributed by atoms with Crippen molar-refractivity contribution < 1.29 is 14.3 Å². The van der Waals surface area contributed by atoms with Gasteiger partial charge in [-0.05, 0) is 24.5 Å². The lowest BCUT2D eigenvalue weighted by atomic mass is 9.77. The number of carbonyl (C=O) groups is 2. The second-order valence-corrected chi connectivity index (χ2v) is 5.82. The fraction of sp³-hybridized carbons (Fsp3) is 0.529. The topological polar surface area (TPSA) is 46.6 Å². The normalized spacial score (nSPS) is 28.7. The number of benzene rings is 1. The zero-order chi connectivity index (χ0) is 15.0. The van der Waals surface area contributed by atoms with Gasteiger partial charge in [0, 0.05) is 25.4 Å². The number of Topliss-reactive ketones (excluding diaryl/α,β-unsaturated/α-hetero) is 1. The van der Waals surface area contributed by atoms with Gasteiger partial charge >= 0.3 is 5.97 Å². The van der Waals surface area contributed by atoms with Crippen LogP contribution in [0.2, 0.25) is 0 Å². The van der Waals surface area contributed by atoms with Gasteiger partial charge in [0.15, 0.2) is 11.3 Å². The first kappa shape index (κ1) is 14.3. The van der Waals surface area contributed by atoms with Crippen molar-refractivity contribution in [1.82, 2.24) is 4.90 Å². The van der Waals surface area contributed by atoms with Crippen LogP contribution in [0.15, 0.2) is 24.3 Å². The summed E-state index contributed by atoms with van der Waals surface area (Å²) in [5.41, 5.74) is 1.21. The average molecular weight is 287 g/mol. The van der Waals surface area contributed by atoms with Crippen molar-refractivity contribution in [3.63, 3.8) is 0 Å². The van der Waals surface area contributed by atoms with E-state index in [1.54, 1.807) is 6.92 Å². The minimum absolute atomic E-state index is 0.00477. The first-order valence-corrected chi connectivity index (χ1v) is 7.65. The van der Waals surface area contributed by atoms with Crippen LogP contribution in [0.4, 0.5) is 0 Å². The second-order valence-electron chi connectivity index (χ2n) is 5.82. The number of ether oxygens (including phenoxy) is 1. The molecular formula is C17H21NO3. The van der Waals surface area contributed by atoms with Gasteiger partial charge in [0.1, 0.15) is 0 Å². The quantitative estimate of drug-likeness (QED) is 0.616. The molecule has 0 spiro atoms. The lowest BCUT2D eigenvalue weighted by Gasteiger charge is -2.37. The summed E-state index contributed by atoms with van der Waals surface area (Å²) in [6.07, 6.45) is 1.31. The van der Waals surface area contributed by atoms with Gasteiger partial charge in [-0.15, -0.1) is 0 Å². The van der Waals surface area contributed by atoms with E-state index < -0.39 is 5.54 Å². The van der Waals surface area contributed by atoms with Gasteiger partial charge in [-0.3, -0.25) is 9.69 Å². The van der Waals surface area contributed by atoms with Crippen molar-refractivity contribution in [3.05, 3.63) is 35.4 Å². The van der Waals surface area contributed by atoms with Crippen LogP contribution >= 0.6 is 0 Å². The number of hydrogen-bond donors (Lipinski definition) is 0. The van der Waals surface area contributed by atoms with E-state index in [1.165, 1.54) is 5.56 Å². The maximum absolute atomic E-state index is 12.7. The molecule has 0 amide bonds. The van der Waals surface area contributed by atoms with Gasteiger partial charge in [-0.25, -0.2) is 4.79 Å². The van der Waals surface area contributed by atoms with E-state index in [4.69, 9.17) is 4.74 Å². The SMILES string of the molecule is CCOC(=O)C12C(=O)CCN1CCc1ccccc1C2C. The standard InChI is InChI=1S/C17H21NO3/c1-3-21-16(20)17-12(2)14-7-5-4-6-13(14)8-10-18(17)11-9-15(17)19/h4-7,12H,3,8-11H2,1-2H3. The Bertz CT molecular complexity index is 583. The maximum Gasteiger partial charge on any atom is 0.334 e. The second kappa shape index (κ2) is 5.26. The smallest absolute Gasteiger partial charge is 0.334 e. The summed E-state index contributed by atoms with van der Waals surface area (Å²) in [7, 11) is 0. The van der Waals surface area contributed by atoms with E-state index >= 15 is 0 Å². The highest BCUT2D eigenvalue weighted by atomic mass is 16.5. The van der Waals surface area contributed by atoms with Crippen molar-refractivity contribution in [3.8, 4) is 0 Å². The maximum atomic E-state index is 12.7. The molecule has 1 aromatic rings. The molecule has 2 heterocycles. The Labute approximate surface area is 125 Å². The van der Waals surface area contributed by atoms with E-state index in [0.717, 1.165) is 18.5 Å². The summed E-state index contributed by atoms with van der Waals surface area (Å²) in [4.78, 5) is 27.4. The van der Waals surface area contributed by atoms with Crippen molar-refractivity contribution >= 4 is 11.8 Å². The largest absolute Gasteiger partial charge is 0.464 e. The highest BCUT2D eigenvalue weighted by molar-refractivity contribution is 6.11. The highest BCUT2D eigenvalue weighted by Gasteiger charge is 2.60. The molecule has 0 radical (unpaired) electrons. The van der Waals surface area contributed by atoms with Crippen molar-refractivity contribution in [2.24, 2.45) is 0 Å². The number of ketones is 1. The zero-order valence-corrected chi connectivity index (χ0v) is 12.6. The molecular weight excluding hydrogens is 266 g/mol. The predicted octanol–water partition coefficient (Wildman–Crippen LogP) is 1.92. The molecule has 0 aromatic heterocycles. The Kier molecular flexibility index (Phi) is 3.57. The molecule has 0 aliphatic carbocycles. The molecule has 4 heteroatoms. The molecule has 2 aliphatic rings. The zero-order valence-electron chi connectivity index (χ0n) is 12.6. The van der Waals surface area contributed by atoms with Crippen molar-refractivity contribution in [2.75, 3.05) is 19.7 Å². The molecule has 2 atom stereocenters. The number of carbonyl (C=O) groups excluding carboxylic acids is 2. The lowest BCUT2D eigenvalue weighted by Crippen LogP contribution is -2.58. The number of esters is 1. The van der Waals surface area contributed by atoms with E-state index in [0.29, 0.717) is 19.6 Å². The molecule has 2 unspecified atom stereocenters. The Morgan fingerprint density at radius 1 is 1.33 bits per heavy atom. The minimum atomic E-state index is -1.12. The van der Waals surface area contributed by atoms with Crippen LogP contribution in [0.1, 0.15) is 37.3 Å². The highest BCUT2D eigenvalue weighted by Crippen LogP contribution is 2.43. The molecule has 4 nitrogen and oxygen atoms in total. The van der Waals surface area contributed by atoms with E-state index in [9.17, 15) is 9.59 Å². The molecule has 1 saturated heterocycles. The molecule has 3 rings (SSSR count). The van der Waals surface area contributed by atoms with Gasteiger partial charge in [0.2, 0.25) is 0 Å². The van der Waals surface area contributed by atoms with Gasteiger partial charge in [-0.2, -0.15) is 0 Å². The molecule has 0 saturated carbocycles. The van der Waals surface area contributed by atoms with Crippen LogP contribution < -0.4 is 0 Å². The van der Waals surface area contributed by atoms with Gasteiger partial charge in [0.05, 0.1) is 6.61 Å². The third-order valence-electron chi connectivity index (χ3n) is 4.92. The third kappa shape index (κ3) is 1.93. The molecule has 1 fully saturated rings. The molecule has 1 aromatic carbocycles. The molecule has 0 N–H and O–H groups in total. The predicted molar refractivity (Wildman–Crippen MR) is 79.1 cm³/mol. The monoisotopic (exact) mass is 287 g/mol. The third-order valence-corrected chi connectivity index (χ3v) is 4.92. The van der Waals surface area contributed by atoms with Crippen LogP contribution in [-0.4, -0.2) is 41.9 Å². The van der Waals surface area contributed by atoms with Crippen LogP contribution in [0.5, 0.6) is 0 Å². The van der Waals surface area contributed by atoms with Crippen LogP contribution in [-0.2, 0) is 20.7 Å². The first-order chi connectivity index (χ1) is 10.1. The summed E-state index contributed by atoms with van der Waals surface area (Å²) in [5, 5.41) is 0. The lowest BCUT2D eigenvalue weighted by molar-refractivity contribution is -0.160. The Hall–Kier alpha value is -1.68. The van der Waals surface area contributed by atoms with Gasteiger partial charge in [0.25, 0.3) is 0 Å². The van der Waals surface area contributed by atoms with Gasteiger partial charge in [-0.1, -0.05) is 31.2 Å². The van der Waals surface area contributed by atoms with Crippen LogP contribution in [0.3, 0.4) is 0 Å². The minimum Gasteiger partial charge on any atom is -0.464 e. The number of rotatable bonds is 2. The summed E-state index contributed by atoms with van der Waals surface area (Å²) < 4.78 is 5.30. The summed E-state index contributed by atoms with van der Waals surface area (Å²) >= 11 is 0. The summed E-state index contributed by atoms with van der Waals surface area (Å²) in [5.74, 6) is -0.549.